The maximum absolute atomic E-state index is 6.05. The highest BCUT2D eigenvalue weighted by molar-refractivity contribution is 7.99. The molecule has 1 aliphatic rings. The van der Waals surface area contributed by atoms with E-state index in [2.05, 4.69) is 6.92 Å². The van der Waals surface area contributed by atoms with Crippen LogP contribution in [0.15, 0.2) is 0 Å². The van der Waals surface area contributed by atoms with E-state index in [0.29, 0.717) is 6.10 Å². The molecule has 0 aromatic rings. The van der Waals surface area contributed by atoms with Crippen molar-refractivity contribution in [3.8, 4) is 0 Å². The van der Waals surface area contributed by atoms with Crippen LogP contribution in [-0.2, 0) is 4.74 Å². The molecule has 1 fully saturated rings. The molecule has 2 nitrogen and oxygen atoms in total. The van der Waals surface area contributed by atoms with Crippen molar-refractivity contribution in [2.45, 2.75) is 44.8 Å². The van der Waals surface area contributed by atoms with E-state index in [1.54, 1.807) is 0 Å². The van der Waals surface area contributed by atoms with Crippen molar-refractivity contribution in [1.29, 1.82) is 0 Å². The van der Waals surface area contributed by atoms with Crippen LogP contribution in [0.3, 0.4) is 0 Å². The van der Waals surface area contributed by atoms with Gasteiger partial charge in [0.25, 0.3) is 0 Å². The number of nitrogens with two attached hydrogens (primary N) is 1. The minimum absolute atomic E-state index is 0.263. The largest absolute Gasteiger partial charge is 0.375 e. The number of thioether (sulfide) groups is 1. The highest BCUT2D eigenvalue weighted by atomic mass is 32.2. The Morgan fingerprint density at radius 1 is 1.54 bits per heavy atom. The molecule has 2 N–H and O–H groups in total. The second kappa shape index (κ2) is 6.68. The Kier molecular flexibility index (Phi) is 5.83. The van der Waals surface area contributed by atoms with Gasteiger partial charge in [-0.05, 0) is 6.42 Å². The molecule has 3 heteroatoms. The second-order valence-electron chi connectivity index (χ2n) is 3.64. The fourth-order valence-electron chi connectivity index (χ4n) is 1.57. The van der Waals surface area contributed by atoms with Crippen LogP contribution in [0.1, 0.15) is 32.6 Å². The van der Waals surface area contributed by atoms with Gasteiger partial charge in [0.2, 0.25) is 0 Å². The summed E-state index contributed by atoms with van der Waals surface area (Å²) in [6.07, 6.45) is 5.26. The van der Waals surface area contributed by atoms with Gasteiger partial charge < -0.3 is 10.5 Å². The molecule has 0 spiro atoms. The summed E-state index contributed by atoms with van der Waals surface area (Å²) in [6, 6.07) is 0.263. The molecule has 2 unspecified atom stereocenters. The summed E-state index contributed by atoms with van der Waals surface area (Å²) >= 11 is 1.97. The average Bonchev–Trinajstić information content (AvgIpc) is 2.19. The first-order valence-electron chi connectivity index (χ1n) is 5.29. The first-order chi connectivity index (χ1) is 6.34. The number of unbranched alkanes of at least 4 members (excludes halogenated alkanes) is 2. The lowest BCUT2D eigenvalue weighted by atomic mass is 10.1. The Hall–Kier alpha value is 0.270. The maximum Gasteiger partial charge on any atom is 0.0816 e. The van der Waals surface area contributed by atoms with Crippen molar-refractivity contribution in [2.24, 2.45) is 5.73 Å². The Bertz CT molecular complexity index is 126. The molecule has 13 heavy (non-hydrogen) atoms. The zero-order chi connectivity index (χ0) is 9.52. The summed E-state index contributed by atoms with van der Waals surface area (Å²) in [5.41, 5.74) is 6.05. The molecule has 0 aromatic carbocycles. The smallest absolute Gasteiger partial charge is 0.0816 e. The van der Waals surface area contributed by atoms with Crippen LogP contribution in [0.4, 0.5) is 0 Å². The molecule has 1 aliphatic heterocycles. The SMILES string of the molecule is CCCCCC(N)C1CSCCO1. The Morgan fingerprint density at radius 2 is 2.38 bits per heavy atom. The third kappa shape index (κ3) is 4.34. The van der Waals surface area contributed by atoms with Crippen LogP contribution in [0.2, 0.25) is 0 Å². The van der Waals surface area contributed by atoms with Crippen molar-refractivity contribution >= 4 is 11.8 Å². The lowest BCUT2D eigenvalue weighted by Crippen LogP contribution is -2.41. The molecule has 0 amide bonds. The van der Waals surface area contributed by atoms with Crippen LogP contribution in [0.5, 0.6) is 0 Å². The van der Waals surface area contributed by atoms with E-state index in [9.17, 15) is 0 Å². The normalized spacial score (nSPS) is 25.8. The summed E-state index contributed by atoms with van der Waals surface area (Å²) < 4.78 is 5.62. The Labute approximate surface area is 85.6 Å². The molecular weight excluding hydrogens is 182 g/mol. The van der Waals surface area contributed by atoms with Crippen LogP contribution >= 0.6 is 11.8 Å². The van der Waals surface area contributed by atoms with Gasteiger partial charge >= 0.3 is 0 Å². The van der Waals surface area contributed by atoms with E-state index in [1.165, 1.54) is 19.3 Å². The first-order valence-corrected chi connectivity index (χ1v) is 6.45. The average molecular weight is 203 g/mol. The number of hydrogen-bond acceptors (Lipinski definition) is 3. The first kappa shape index (κ1) is 11.3. The Balaban J connectivity index is 2.09. The molecule has 0 radical (unpaired) electrons. The molecule has 1 rings (SSSR count). The predicted octanol–water partition coefficient (Wildman–Crippen LogP) is 2.03. The highest BCUT2D eigenvalue weighted by Crippen LogP contribution is 2.17. The highest BCUT2D eigenvalue weighted by Gasteiger charge is 2.20. The van der Waals surface area contributed by atoms with Crippen LogP contribution in [-0.4, -0.2) is 30.3 Å². The van der Waals surface area contributed by atoms with E-state index in [0.717, 1.165) is 24.5 Å². The van der Waals surface area contributed by atoms with E-state index in [1.807, 2.05) is 11.8 Å². The maximum atomic E-state index is 6.05. The second-order valence-corrected chi connectivity index (χ2v) is 4.79. The van der Waals surface area contributed by atoms with Crippen molar-refractivity contribution < 1.29 is 4.74 Å². The van der Waals surface area contributed by atoms with E-state index in [-0.39, 0.29) is 6.04 Å². The van der Waals surface area contributed by atoms with Gasteiger partial charge in [0.05, 0.1) is 12.7 Å². The van der Waals surface area contributed by atoms with Crippen molar-refractivity contribution in [3.05, 3.63) is 0 Å². The Morgan fingerprint density at radius 3 is 3.00 bits per heavy atom. The molecule has 1 saturated heterocycles. The molecule has 1 heterocycles. The zero-order valence-corrected chi connectivity index (χ0v) is 9.31. The van der Waals surface area contributed by atoms with Crippen molar-refractivity contribution in [3.63, 3.8) is 0 Å². The standard InChI is InChI=1S/C10H21NOS/c1-2-3-4-5-9(11)10-8-13-7-6-12-10/h9-10H,2-8,11H2,1H3. The van der Waals surface area contributed by atoms with Gasteiger partial charge in [-0.25, -0.2) is 0 Å². The molecule has 78 valence electrons. The van der Waals surface area contributed by atoms with Crippen LogP contribution in [0, 0.1) is 0 Å². The third-order valence-electron chi connectivity index (χ3n) is 2.46. The van der Waals surface area contributed by atoms with Gasteiger partial charge in [-0.2, -0.15) is 11.8 Å². The van der Waals surface area contributed by atoms with Gasteiger partial charge in [0, 0.05) is 17.5 Å². The van der Waals surface area contributed by atoms with Crippen molar-refractivity contribution in [2.75, 3.05) is 18.1 Å². The minimum Gasteiger partial charge on any atom is -0.375 e. The van der Waals surface area contributed by atoms with Gasteiger partial charge in [-0.3, -0.25) is 0 Å². The van der Waals surface area contributed by atoms with Gasteiger partial charge in [0.15, 0.2) is 0 Å². The lowest BCUT2D eigenvalue weighted by Gasteiger charge is -2.27. The summed E-state index contributed by atoms with van der Waals surface area (Å²) in [6.45, 7) is 3.11. The zero-order valence-electron chi connectivity index (χ0n) is 8.50. The molecule has 0 saturated carbocycles. The summed E-state index contributed by atoms with van der Waals surface area (Å²) in [5.74, 6) is 2.23. The topological polar surface area (TPSA) is 35.2 Å². The quantitative estimate of drug-likeness (QED) is 0.694. The van der Waals surface area contributed by atoms with Crippen molar-refractivity contribution in [1.82, 2.24) is 0 Å². The molecule has 0 aliphatic carbocycles. The number of ether oxygens (including phenoxy) is 1. The predicted molar refractivity (Wildman–Crippen MR) is 59.2 cm³/mol. The number of rotatable bonds is 5. The van der Waals surface area contributed by atoms with E-state index < -0.39 is 0 Å². The summed E-state index contributed by atoms with van der Waals surface area (Å²) in [7, 11) is 0. The lowest BCUT2D eigenvalue weighted by molar-refractivity contribution is 0.0545. The third-order valence-corrected chi connectivity index (χ3v) is 3.48. The van der Waals surface area contributed by atoms with Gasteiger partial charge in [-0.15, -0.1) is 0 Å². The fraction of sp³-hybridized carbons (Fsp3) is 1.00. The van der Waals surface area contributed by atoms with Crippen LogP contribution in [0.25, 0.3) is 0 Å². The number of hydrogen-bond donors (Lipinski definition) is 1. The van der Waals surface area contributed by atoms with Gasteiger partial charge in [0.1, 0.15) is 0 Å². The fourth-order valence-corrected chi connectivity index (χ4v) is 2.53. The minimum atomic E-state index is 0.263. The monoisotopic (exact) mass is 203 g/mol. The molecule has 0 bridgehead atoms. The van der Waals surface area contributed by atoms with E-state index >= 15 is 0 Å². The molecular formula is C10H21NOS. The van der Waals surface area contributed by atoms with Gasteiger partial charge in [-0.1, -0.05) is 26.2 Å². The van der Waals surface area contributed by atoms with E-state index in [4.69, 9.17) is 10.5 Å². The summed E-state index contributed by atoms with van der Waals surface area (Å²) in [5, 5.41) is 0. The molecule has 0 aromatic heterocycles. The summed E-state index contributed by atoms with van der Waals surface area (Å²) in [4.78, 5) is 0. The molecule has 2 atom stereocenters. The van der Waals surface area contributed by atoms with Crippen LogP contribution < -0.4 is 5.73 Å².